The minimum absolute atomic E-state index is 0.0411. The van der Waals surface area contributed by atoms with E-state index >= 15 is 0 Å². The van der Waals surface area contributed by atoms with Crippen molar-refractivity contribution in [3.05, 3.63) is 11.1 Å². The molecule has 1 unspecified atom stereocenters. The second kappa shape index (κ2) is 9.02. The SMILES string of the molecule is CC1(C)[C@H](NC(=O)/C(=N\OC(CO)C(=O)O)c2csc(N)n2)C(=O)N1OCC(=O)O. The van der Waals surface area contributed by atoms with E-state index in [4.69, 9.17) is 30.7 Å². The largest absolute Gasteiger partial charge is 0.479 e. The number of thiazole rings is 1. The van der Waals surface area contributed by atoms with Crippen LogP contribution < -0.4 is 11.1 Å². The zero-order valence-corrected chi connectivity index (χ0v) is 16.6. The molecule has 6 N–H and O–H groups in total. The number of aliphatic carboxylic acids is 2. The highest BCUT2D eigenvalue weighted by molar-refractivity contribution is 7.13. The first-order valence-electron chi connectivity index (χ1n) is 8.27. The van der Waals surface area contributed by atoms with Gasteiger partial charge in [0, 0.05) is 5.38 Å². The van der Waals surface area contributed by atoms with Crippen molar-refractivity contribution in [3.63, 3.8) is 0 Å². The minimum Gasteiger partial charge on any atom is -0.479 e. The number of carbonyl (C=O) groups excluding carboxylic acids is 2. The van der Waals surface area contributed by atoms with Crippen molar-refractivity contribution >= 4 is 45.9 Å². The topological polar surface area (TPSA) is 214 Å². The van der Waals surface area contributed by atoms with Gasteiger partial charge in [0.15, 0.2) is 17.5 Å². The maximum Gasteiger partial charge on any atom is 0.350 e. The normalized spacial score (nSPS) is 19.0. The average molecular weight is 445 g/mol. The number of hydroxylamine groups is 2. The van der Waals surface area contributed by atoms with Crippen molar-refractivity contribution in [2.45, 2.75) is 31.5 Å². The first kappa shape index (κ1) is 23.0. The first-order valence-corrected chi connectivity index (χ1v) is 9.15. The van der Waals surface area contributed by atoms with Crippen molar-refractivity contribution in [2.24, 2.45) is 5.16 Å². The average Bonchev–Trinajstić information content (AvgIpc) is 3.08. The highest BCUT2D eigenvalue weighted by Crippen LogP contribution is 2.32. The molecule has 14 nitrogen and oxygen atoms in total. The van der Waals surface area contributed by atoms with E-state index < -0.39 is 60.4 Å². The molecule has 2 amide bonds. The maximum atomic E-state index is 12.7. The zero-order valence-electron chi connectivity index (χ0n) is 15.8. The van der Waals surface area contributed by atoms with E-state index in [1.807, 2.05) is 0 Å². The Labute approximate surface area is 172 Å². The lowest BCUT2D eigenvalue weighted by molar-refractivity contribution is -0.257. The fourth-order valence-corrected chi connectivity index (χ4v) is 2.96. The molecule has 164 valence electrons. The number of aromatic nitrogens is 1. The second-order valence-corrected chi connectivity index (χ2v) is 7.38. The molecule has 1 aromatic heterocycles. The van der Waals surface area contributed by atoms with Crippen LogP contribution in [-0.2, 0) is 28.9 Å². The lowest BCUT2D eigenvalue weighted by atomic mass is 9.84. The van der Waals surface area contributed by atoms with Crippen LogP contribution in [0.25, 0.3) is 0 Å². The van der Waals surface area contributed by atoms with Crippen LogP contribution in [0.4, 0.5) is 5.13 Å². The lowest BCUT2D eigenvalue weighted by Gasteiger charge is -2.51. The molecule has 30 heavy (non-hydrogen) atoms. The summed E-state index contributed by atoms with van der Waals surface area (Å²) in [6.45, 7) is 1.41. The summed E-state index contributed by atoms with van der Waals surface area (Å²) in [5, 5.41) is 34.8. The third-order valence-corrected chi connectivity index (χ3v) is 4.64. The summed E-state index contributed by atoms with van der Waals surface area (Å²) in [7, 11) is 0. The monoisotopic (exact) mass is 445 g/mol. The Morgan fingerprint density at radius 1 is 1.43 bits per heavy atom. The van der Waals surface area contributed by atoms with Crippen LogP contribution in [0.3, 0.4) is 0 Å². The molecule has 2 atom stereocenters. The fourth-order valence-electron chi connectivity index (χ4n) is 2.42. The Bertz CT molecular complexity index is 884. The number of amides is 2. The molecule has 0 aliphatic carbocycles. The van der Waals surface area contributed by atoms with Gasteiger partial charge in [0.2, 0.25) is 6.10 Å². The number of oxime groups is 1. The molecule has 2 heterocycles. The number of aliphatic hydroxyl groups is 1. The van der Waals surface area contributed by atoms with Gasteiger partial charge in [-0.2, -0.15) is 0 Å². The molecule has 0 saturated carbocycles. The van der Waals surface area contributed by atoms with Crippen LogP contribution in [0, 0.1) is 0 Å². The molecule has 1 aliphatic rings. The summed E-state index contributed by atoms with van der Waals surface area (Å²) in [6.07, 6.45) is -1.73. The molecule has 1 saturated heterocycles. The van der Waals surface area contributed by atoms with Crippen molar-refractivity contribution in [1.82, 2.24) is 15.4 Å². The number of aliphatic hydroxyl groups excluding tert-OH is 1. The number of carboxylic acid groups (broad SMARTS) is 2. The Hall–Kier alpha value is -3.30. The predicted octanol–water partition coefficient (Wildman–Crippen LogP) is -1.99. The molecule has 1 aliphatic heterocycles. The van der Waals surface area contributed by atoms with Gasteiger partial charge in [-0.05, 0) is 13.8 Å². The summed E-state index contributed by atoms with van der Waals surface area (Å²) >= 11 is 0.979. The number of nitrogens with one attached hydrogen (secondary N) is 1. The summed E-state index contributed by atoms with van der Waals surface area (Å²) < 4.78 is 0. The van der Waals surface area contributed by atoms with E-state index in [2.05, 4.69) is 15.5 Å². The molecular formula is C15H19N5O9S. The smallest absolute Gasteiger partial charge is 0.350 e. The van der Waals surface area contributed by atoms with Crippen LogP contribution in [0.1, 0.15) is 19.5 Å². The number of rotatable bonds is 10. The number of carboxylic acids is 2. The van der Waals surface area contributed by atoms with Gasteiger partial charge in [-0.25, -0.2) is 19.6 Å². The highest BCUT2D eigenvalue weighted by Gasteiger charge is 2.56. The Balaban J connectivity index is 2.20. The third-order valence-electron chi connectivity index (χ3n) is 3.96. The number of anilines is 1. The number of hydrogen-bond donors (Lipinski definition) is 5. The van der Waals surface area contributed by atoms with Gasteiger partial charge in [0.1, 0.15) is 11.7 Å². The van der Waals surface area contributed by atoms with Gasteiger partial charge in [-0.3, -0.25) is 14.4 Å². The molecule has 0 spiro atoms. The van der Waals surface area contributed by atoms with Crippen LogP contribution in [-0.4, -0.2) is 85.7 Å². The molecule has 1 aromatic rings. The van der Waals surface area contributed by atoms with Gasteiger partial charge in [-0.15, -0.1) is 11.3 Å². The molecule has 1 fully saturated rings. The van der Waals surface area contributed by atoms with E-state index in [1.54, 1.807) is 0 Å². The van der Waals surface area contributed by atoms with E-state index in [0.29, 0.717) is 0 Å². The lowest BCUT2D eigenvalue weighted by Crippen LogP contribution is -2.76. The number of nitrogen functional groups attached to an aromatic ring is 1. The van der Waals surface area contributed by atoms with Gasteiger partial charge >= 0.3 is 11.9 Å². The van der Waals surface area contributed by atoms with Gasteiger partial charge < -0.3 is 31.2 Å². The van der Waals surface area contributed by atoms with Crippen LogP contribution >= 0.6 is 11.3 Å². The number of nitrogens with zero attached hydrogens (tertiary/aromatic N) is 3. The number of β-lactam (4-membered cyclic amide) rings is 1. The summed E-state index contributed by atoms with van der Waals surface area (Å²) in [5.41, 5.74) is 3.94. The van der Waals surface area contributed by atoms with E-state index in [9.17, 15) is 19.2 Å². The minimum atomic E-state index is -1.73. The summed E-state index contributed by atoms with van der Waals surface area (Å²) in [6, 6.07) is -1.10. The summed E-state index contributed by atoms with van der Waals surface area (Å²) in [5.74, 6) is -4.44. The molecule has 2 rings (SSSR count). The van der Waals surface area contributed by atoms with Crippen molar-refractivity contribution < 1.29 is 44.2 Å². The Morgan fingerprint density at radius 3 is 2.57 bits per heavy atom. The van der Waals surface area contributed by atoms with E-state index in [1.165, 1.54) is 19.2 Å². The summed E-state index contributed by atoms with van der Waals surface area (Å²) in [4.78, 5) is 60.1. The van der Waals surface area contributed by atoms with Crippen molar-refractivity contribution in [3.8, 4) is 0 Å². The maximum absolute atomic E-state index is 12.7. The molecule has 0 bridgehead atoms. The van der Waals surface area contributed by atoms with Crippen molar-refractivity contribution in [1.29, 1.82) is 0 Å². The van der Waals surface area contributed by atoms with Crippen molar-refractivity contribution in [2.75, 3.05) is 18.9 Å². The number of hydrogen-bond acceptors (Lipinski definition) is 11. The van der Waals surface area contributed by atoms with Gasteiger partial charge in [-0.1, -0.05) is 5.16 Å². The van der Waals surface area contributed by atoms with E-state index in [-0.39, 0.29) is 10.8 Å². The third kappa shape index (κ3) is 4.81. The number of carbonyl (C=O) groups is 4. The van der Waals surface area contributed by atoms with Crippen LogP contribution in [0.5, 0.6) is 0 Å². The Morgan fingerprint density at radius 2 is 2.10 bits per heavy atom. The quantitative estimate of drug-likeness (QED) is 0.151. The molecule has 0 aromatic carbocycles. The van der Waals surface area contributed by atoms with Gasteiger partial charge in [0.25, 0.3) is 11.8 Å². The number of nitrogens with two attached hydrogens (primary N) is 1. The van der Waals surface area contributed by atoms with Crippen LogP contribution in [0.2, 0.25) is 0 Å². The zero-order chi connectivity index (χ0) is 22.6. The molecule has 15 heteroatoms. The first-order chi connectivity index (χ1) is 14.0. The van der Waals surface area contributed by atoms with Gasteiger partial charge in [0.05, 0.1) is 12.1 Å². The van der Waals surface area contributed by atoms with E-state index in [0.717, 1.165) is 16.4 Å². The molecule has 0 radical (unpaired) electrons. The predicted molar refractivity (Wildman–Crippen MR) is 99.1 cm³/mol. The standard InChI is InChI=1S/C15H19N5O9S/c1-15(2)10(12(25)20(15)28-4-8(22)23)18-11(24)9(6-5-30-14(16)17-6)19-29-7(3-21)13(26)27/h5,7,10,21H,3-4H2,1-2H3,(H2,16,17)(H,18,24)(H,22,23)(H,26,27)/b19-9-/t7?,10-/m1/s1. The fraction of sp³-hybridized carbons (Fsp3) is 0.467. The van der Waals surface area contributed by atoms with Crippen LogP contribution in [0.15, 0.2) is 10.5 Å². The Kier molecular flexibility index (Phi) is 6.91. The second-order valence-electron chi connectivity index (χ2n) is 6.49. The molecular weight excluding hydrogens is 426 g/mol. The highest BCUT2D eigenvalue weighted by atomic mass is 32.1.